The quantitative estimate of drug-likeness (QED) is 0.149. The van der Waals surface area contributed by atoms with Gasteiger partial charge in [-0.25, -0.2) is 0 Å². The molecule has 31 heavy (non-hydrogen) atoms. The number of unbranched alkanes of at least 4 members (excludes halogenated alkanes) is 3. The number of aryl methyl sites for hydroxylation is 1. The van der Waals surface area contributed by atoms with Crippen LogP contribution in [0.25, 0.3) is 11.4 Å². The van der Waals surface area contributed by atoms with E-state index < -0.39 is 0 Å². The number of hydrogen-bond donors (Lipinski definition) is 2. The van der Waals surface area contributed by atoms with Gasteiger partial charge in [-0.2, -0.15) is 16.7 Å². The second kappa shape index (κ2) is 17.1. The summed E-state index contributed by atoms with van der Waals surface area (Å²) in [5, 5.41) is 10.8. The highest BCUT2D eigenvalue weighted by atomic mass is 127. The van der Waals surface area contributed by atoms with Crippen LogP contribution in [0, 0.1) is 0 Å². The van der Waals surface area contributed by atoms with Gasteiger partial charge in [-0.1, -0.05) is 11.6 Å². The van der Waals surface area contributed by atoms with E-state index in [9.17, 15) is 0 Å². The molecule has 0 saturated heterocycles. The Morgan fingerprint density at radius 3 is 2.61 bits per heavy atom. The van der Waals surface area contributed by atoms with Gasteiger partial charge in [0, 0.05) is 31.6 Å². The number of ether oxygens (including phenoxy) is 1. The fraction of sp³-hybridized carbons (Fsp3) is 0.591. The van der Waals surface area contributed by atoms with Crippen molar-refractivity contribution in [2.75, 3.05) is 38.8 Å². The summed E-state index contributed by atoms with van der Waals surface area (Å²) in [6.07, 6.45) is 8.49. The predicted octanol–water partition coefficient (Wildman–Crippen LogP) is 4.77. The minimum Gasteiger partial charge on any atom is -0.497 e. The van der Waals surface area contributed by atoms with Crippen LogP contribution in [0.1, 0.15) is 44.9 Å². The zero-order valence-electron chi connectivity index (χ0n) is 18.9. The minimum atomic E-state index is 0. The molecule has 0 bridgehead atoms. The van der Waals surface area contributed by atoms with Gasteiger partial charge >= 0.3 is 0 Å². The number of rotatable bonds is 14. The third-order valence-corrected chi connectivity index (χ3v) is 5.24. The minimum absolute atomic E-state index is 0. The Labute approximate surface area is 207 Å². The van der Waals surface area contributed by atoms with E-state index in [1.54, 1.807) is 7.11 Å². The third kappa shape index (κ3) is 11.1. The van der Waals surface area contributed by atoms with Crippen LogP contribution in [-0.4, -0.2) is 54.9 Å². The highest BCUT2D eigenvalue weighted by Gasteiger charge is 2.08. The number of methoxy groups -OCH3 is 1. The van der Waals surface area contributed by atoms with E-state index in [0.29, 0.717) is 11.7 Å². The summed E-state index contributed by atoms with van der Waals surface area (Å²) in [5.74, 6) is 4.26. The first kappa shape index (κ1) is 27.5. The van der Waals surface area contributed by atoms with Crippen molar-refractivity contribution in [1.82, 2.24) is 20.8 Å². The molecule has 1 aromatic carbocycles. The number of benzene rings is 1. The van der Waals surface area contributed by atoms with E-state index in [-0.39, 0.29) is 24.0 Å². The van der Waals surface area contributed by atoms with Gasteiger partial charge in [-0.15, -0.1) is 24.0 Å². The van der Waals surface area contributed by atoms with Crippen molar-refractivity contribution >= 4 is 41.7 Å². The Balaban J connectivity index is 0.00000480. The number of hydrogen-bond acceptors (Lipinski definition) is 6. The van der Waals surface area contributed by atoms with Gasteiger partial charge in [-0.05, 0) is 68.9 Å². The molecule has 0 atom stereocenters. The first-order valence-corrected chi connectivity index (χ1v) is 12.1. The summed E-state index contributed by atoms with van der Waals surface area (Å²) in [4.78, 5) is 9.15. The second-order valence-corrected chi connectivity index (χ2v) is 7.92. The van der Waals surface area contributed by atoms with Gasteiger partial charge < -0.3 is 19.9 Å². The van der Waals surface area contributed by atoms with Crippen LogP contribution in [0.4, 0.5) is 0 Å². The first-order chi connectivity index (χ1) is 14.8. The number of nitrogens with one attached hydrogen (secondary N) is 2. The van der Waals surface area contributed by atoms with Crippen molar-refractivity contribution in [3.8, 4) is 17.1 Å². The standard InChI is InChI=1S/C22H35N5O2S.HI/c1-4-23-22(25-16-8-9-17-30-3)24-15-7-5-6-10-20-26-21(27-29-20)18-11-13-19(28-2)14-12-18;/h11-14H,4-10,15-17H2,1-3H3,(H2,23,24,25);1H. The molecule has 0 aliphatic carbocycles. The highest BCUT2D eigenvalue weighted by Crippen LogP contribution is 2.20. The lowest BCUT2D eigenvalue weighted by molar-refractivity contribution is 0.374. The summed E-state index contributed by atoms with van der Waals surface area (Å²) in [6, 6.07) is 7.66. The van der Waals surface area contributed by atoms with E-state index in [0.717, 1.165) is 62.6 Å². The maximum atomic E-state index is 5.38. The van der Waals surface area contributed by atoms with E-state index in [2.05, 4.69) is 38.9 Å². The summed E-state index contributed by atoms with van der Waals surface area (Å²) in [5.41, 5.74) is 0.928. The molecule has 2 rings (SSSR count). The lowest BCUT2D eigenvalue weighted by Crippen LogP contribution is -2.37. The molecule has 7 nitrogen and oxygen atoms in total. The zero-order valence-corrected chi connectivity index (χ0v) is 22.0. The number of guanidine groups is 1. The predicted molar refractivity (Wildman–Crippen MR) is 141 cm³/mol. The number of aliphatic imine (C=N–C) groups is 1. The molecule has 0 unspecified atom stereocenters. The largest absolute Gasteiger partial charge is 0.497 e. The molecule has 1 heterocycles. The molecular formula is C22H36IN5O2S. The lowest BCUT2D eigenvalue weighted by Gasteiger charge is -2.11. The monoisotopic (exact) mass is 561 g/mol. The van der Waals surface area contributed by atoms with Gasteiger partial charge in [0.2, 0.25) is 11.7 Å². The van der Waals surface area contributed by atoms with Crippen LogP contribution in [0.15, 0.2) is 33.8 Å². The summed E-state index contributed by atoms with van der Waals surface area (Å²) in [7, 11) is 1.65. The maximum Gasteiger partial charge on any atom is 0.226 e. The summed E-state index contributed by atoms with van der Waals surface area (Å²) < 4.78 is 10.6. The number of aromatic nitrogens is 2. The Hall–Kier alpha value is -1.49. The summed E-state index contributed by atoms with van der Waals surface area (Å²) in [6.45, 7) is 4.76. The molecule has 174 valence electrons. The average molecular weight is 562 g/mol. The average Bonchev–Trinajstić information content (AvgIpc) is 3.25. The van der Waals surface area contributed by atoms with E-state index >= 15 is 0 Å². The maximum absolute atomic E-state index is 5.38. The summed E-state index contributed by atoms with van der Waals surface area (Å²) >= 11 is 1.90. The van der Waals surface area contributed by atoms with Crippen LogP contribution in [0.5, 0.6) is 5.75 Å². The Bertz CT molecular complexity index is 740. The van der Waals surface area contributed by atoms with Crippen molar-refractivity contribution in [3.63, 3.8) is 0 Å². The van der Waals surface area contributed by atoms with Crippen molar-refractivity contribution in [2.45, 2.75) is 45.4 Å². The fourth-order valence-electron chi connectivity index (χ4n) is 2.89. The highest BCUT2D eigenvalue weighted by molar-refractivity contribution is 14.0. The van der Waals surface area contributed by atoms with Gasteiger partial charge in [-0.3, -0.25) is 4.99 Å². The molecule has 2 aromatic rings. The molecule has 0 fully saturated rings. The Morgan fingerprint density at radius 1 is 1.10 bits per heavy atom. The number of halogens is 1. The number of thioether (sulfide) groups is 1. The molecule has 0 aliphatic heterocycles. The van der Waals surface area contributed by atoms with Crippen LogP contribution in [0.3, 0.4) is 0 Å². The van der Waals surface area contributed by atoms with E-state index in [1.807, 2.05) is 36.0 Å². The molecule has 0 saturated carbocycles. The first-order valence-electron chi connectivity index (χ1n) is 10.7. The van der Waals surface area contributed by atoms with Crippen LogP contribution in [-0.2, 0) is 6.42 Å². The third-order valence-electron chi connectivity index (χ3n) is 4.55. The molecule has 0 aliphatic rings. The SMILES string of the molecule is CCNC(=NCCCCCc1nc(-c2ccc(OC)cc2)no1)NCCCCSC.I. The molecule has 1 aromatic heterocycles. The number of nitrogens with zero attached hydrogens (tertiary/aromatic N) is 3. The fourth-order valence-corrected chi connectivity index (χ4v) is 3.38. The Morgan fingerprint density at radius 2 is 1.90 bits per heavy atom. The lowest BCUT2D eigenvalue weighted by atomic mass is 10.2. The smallest absolute Gasteiger partial charge is 0.226 e. The van der Waals surface area contributed by atoms with Gasteiger partial charge in [0.15, 0.2) is 5.96 Å². The molecular weight excluding hydrogens is 525 g/mol. The van der Waals surface area contributed by atoms with Crippen molar-refractivity contribution in [1.29, 1.82) is 0 Å². The van der Waals surface area contributed by atoms with Gasteiger partial charge in [0.25, 0.3) is 0 Å². The van der Waals surface area contributed by atoms with E-state index in [4.69, 9.17) is 9.26 Å². The molecule has 2 N–H and O–H groups in total. The van der Waals surface area contributed by atoms with Gasteiger partial charge in [0.05, 0.1) is 7.11 Å². The van der Waals surface area contributed by atoms with E-state index in [1.165, 1.54) is 18.6 Å². The second-order valence-electron chi connectivity index (χ2n) is 6.94. The van der Waals surface area contributed by atoms with Crippen molar-refractivity contribution in [3.05, 3.63) is 30.2 Å². The van der Waals surface area contributed by atoms with Crippen molar-refractivity contribution in [2.24, 2.45) is 4.99 Å². The normalized spacial score (nSPS) is 11.1. The molecule has 9 heteroatoms. The van der Waals surface area contributed by atoms with Crippen LogP contribution < -0.4 is 15.4 Å². The van der Waals surface area contributed by atoms with Crippen LogP contribution in [0.2, 0.25) is 0 Å². The molecule has 0 spiro atoms. The van der Waals surface area contributed by atoms with Gasteiger partial charge in [0.1, 0.15) is 5.75 Å². The topological polar surface area (TPSA) is 84.6 Å². The Kier molecular flexibility index (Phi) is 15.2. The van der Waals surface area contributed by atoms with Crippen molar-refractivity contribution < 1.29 is 9.26 Å². The molecule has 0 radical (unpaired) electrons. The molecule has 0 amide bonds. The van der Waals surface area contributed by atoms with Crippen LogP contribution >= 0.6 is 35.7 Å². The zero-order chi connectivity index (χ0) is 21.4.